The van der Waals surface area contributed by atoms with E-state index in [1.54, 1.807) is 0 Å². The first kappa shape index (κ1) is 27.3. The van der Waals surface area contributed by atoms with Crippen molar-refractivity contribution in [3.8, 4) is 0 Å². The third-order valence-electron chi connectivity index (χ3n) is 10.2. The van der Waals surface area contributed by atoms with E-state index in [9.17, 15) is 15.0 Å². The van der Waals surface area contributed by atoms with E-state index in [4.69, 9.17) is 9.47 Å². The van der Waals surface area contributed by atoms with Gasteiger partial charge in [0.1, 0.15) is 0 Å². The second-order valence-corrected chi connectivity index (χ2v) is 13.5. The third-order valence-corrected chi connectivity index (χ3v) is 10.2. The molecule has 4 atom stereocenters. The maximum absolute atomic E-state index is 13.2. The molecule has 4 bridgehead atoms. The Morgan fingerprint density at radius 2 is 1.68 bits per heavy atom. The number of aliphatic hydroxyl groups is 2. The molecule has 2 aliphatic heterocycles. The lowest BCUT2D eigenvalue weighted by molar-refractivity contribution is -0.252. The lowest BCUT2D eigenvalue weighted by Gasteiger charge is -2.56. The molecule has 2 aromatic carbocycles. The number of likely N-dealkylation sites (tertiary alicyclic amines) is 1. The van der Waals surface area contributed by atoms with Crippen molar-refractivity contribution in [1.82, 2.24) is 10.2 Å². The average Bonchev–Trinajstić information content (AvgIpc) is 3.36. The van der Waals surface area contributed by atoms with Crippen molar-refractivity contribution < 1.29 is 24.5 Å². The highest BCUT2D eigenvalue weighted by Gasteiger charge is 2.51. The van der Waals surface area contributed by atoms with Gasteiger partial charge in [0.25, 0.3) is 0 Å². The molecule has 4 N–H and O–H groups in total. The smallest absolute Gasteiger partial charge is 0.319 e. The highest BCUT2D eigenvalue weighted by molar-refractivity contribution is 5.89. The summed E-state index contributed by atoms with van der Waals surface area (Å²) in [4.78, 5) is 15.5. The minimum absolute atomic E-state index is 0.00762. The highest BCUT2D eigenvalue weighted by Crippen LogP contribution is 2.55. The number of amides is 2. The third kappa shape index (κ3) is 6.04. The van der Waals surface area contributed by atoms with Crippen molar-refractivity contribution in [1.29, 1.82) is 0 Å². The number of rotatable bonds is 7. The maximum Gasteiger partial charge on any atom is 0.319 e. The number of anilines is 1. The van der Waals surface area contributed by atoms with Crippen molar-refractivity contribution in [2.45, 2.75) is 88.1 Å². The molecule has 0 spiro atoms. The molecule has 220 valence electrons. The van der Waals surface area contributed by atoms with Gasteiger partial charge >= 0.3 is 6.03 Å². The summed E-state index contributed by atoms with van der Waals surface area (Å²) in [7, 11) is 0. The molecule has 2 aromatic rings. The Labute approximate surface area is 242 Å². The van der Waals surface area contributed by atoms with Gasteiger partial charge in [-0.15, -0.1) is 0 Å². The van der Waals surface area contributed by atoms with Crippen LogP contribution < -0.4 is 10.6 Å². The van der Waals surface area contributed by atoms with Crippen molar-refractivity contribution in [2.24, 2.45) is 17.8 Å². The van der Waals surface area contributed by atoms with Gasteiger partial charge in [-0.25, -0.2) is 4.79 Å². The van der Waals surface area contributed by atoms with Crippen LogP contribution in [0.4, 0.5) is 10.5 Å². The number of hydrogen-bond donors (Lipinski definition) is 4. The monoisotopic (exact) mass is 561 g/mol. The first-order chi connectivity index (χ1) is 19.9. The Kier molecular flexibility index (Phi) is 7.54. The van der Waals surface area contributed by atoms with Gasteiger partial charge < -0.3 is 30.3 Å². The highest BCUT2D eigenvalue weighted by atomic mass is 16.7. The summed E-state index contributed by atoms with van der Waals surface area (Å²) in [5.74, 6) is 2.32. The molecule has 0 aromatic heterocycles. The number of carbonyl (C=O) groups is 1. The van der Waals surface area contributed by atoms with E-state index in [0.29, 0.717) is 13.0 Å². The van der Waals surface area contributed by atoms with Gasteiger partial charge in [-0.3, -0.25) is 4.90 Å². The van der Waals surface area contributed by atoms with E-state index < -0.39 is 6.29 Å². The molecular weight excluding hydrogens is 518 g/mol. The van der Waals surface area contributed by atoms with Crippen LogP contribution in [0.3, 0.4) is 0 Å². The van der Waals surface area contributed by atoms with E-state index >= 15 is 0 Å². The molecule has 2 heterocycles. The molecule has 41 heavy (non-hydrogen) atoms. The van der Waals surface area contributed by atoms with Gasteiger partial charge in [-0.1, -0.05) is 36.4 Å². The molecule has 2 amide bonds. The van der Waals surface area contributed by atoms with Gasteiger partial charge in [-0.05, 0) is 86.0 Å². The molecule has 6 fully saturated rings. The summed E-state index contributed by atoms with van der Waals surface area (Å²) >= 11 is 0. The van der Waals surface area contributed by atoms with Crippen LogP contribution in [-0.2, 0) is 16.1 Å². The van der Waals surface area contributed by atoms with Gasteiger partial charge in [0, 0.05) is 42.8 Å². The van der Waals surface area contributed by atoms with Gasteiger partial charge in [0.2, 0.25) is 0 Å². The van der Waals surface area contributed by atoms with Crippen molar-refractivity contribution in [3.05, 3.63) is 65.2 Å². The zero-order chi connectivity index (χ0) is 28.0. The molecule has 6 aliphatic rings. The predicted octanol–water partition coefficient (Wildman–Crippen LogP) is 4.88. The number of hydrogen-bond acceptors (Lipinski definition) is 6. The molecule has 2 saturated heterocycles. The van der Waals surface area contributed by atoms with Crippen LogP contribution in [0.5, 0.6) is 0 Å². The van der Waals surface area contributed by atoms with Crippen LogP contribution in [0.2, 0.25) is 0 Å². The zero-order valence-corrected chi connectivity index (χ0v) is 23.7. The zero-order valence-electron chi connectivity index (χ0n) is 23.7. The number of carbonyl (C=O) groups excluding carboxylic acids is 1. The number of urea groups is 1. The van der Waals surface area contributed by atoms with Crippen LogP contribution >= 0.6 is 0 Å². The van der Waals surface area contributed by atoms with E-state index in [1.807, 2.05) is 48.5 Å². The van der Waals surface area contributed by atoms with Crippen LogP contribution in [-0.4, -0.2) is 58.5 Å². The predicted molar refractivity (Wildman–Crippen MR) is 155 cm³/mol. The number of nitrogens with zero attached hydrogens (tertiary/aromatic N) is 1. The van der Waals surface area contributed by atoms with E-state index in [1.165, 1.54) is 19.3 Å². The lowest BCUT2D eigenvalue weighted by atomic mass is 9.53. The van der Waals surface area contributed by atoms with Crippen LogP contribution in [0.15, 0.2) is 48.5 Å². The normalized spacial score (nSPS) is 36.4. The average molecular weight is 562 g/mol. The largest absolute Gasteiger partial charge is 0.392 e. The minimum atomic E-state index is -0.586. The summed E-state index contributed by atoms with van der Waals surface area (Å²) < 4.78 is 13.0. The molecule has 4 unspecified atom stereocenters. The Bertz CT molecular complexity index is 1200. The Hall–Kier alpha value is -2.49. The summed E-state index contributed by atoms with van der Waals surface area (Å²) in [6.07, 6.45) is 7.77. The van der Waals surface area contributed by atoms with Crippen molar-refractivity contribution >= 4 is 11.7 Å². The number of nitrogens with one attached hydrogen (secondary N) is 2. The molecular formula is C33H43N3O5. The topological polar surface area (TPSA) is 103 Å². The van der Waals surface area contributed by atoms with Crippen LogP contribution in [0, 0.1) is 17.8 Å². The van der Waals surface area contributed by atoms with Crippen molar-refractivity contribution in [2.75, 3.05) is 25.0 Å². The number of ether oxygens (including phenoxy) is 2. The minimum Gasteiger partial charge on any atom is -0.392 e. The quantitative estimate of drug-likeness (QED) is 0.384. The summed E-state index contributed by atoms with van der Waals surface area (Å²) in [6, 6.07) is 15.6. The maximum atomic E-state index is 13.2. The standard InChI is InChI=1S/C33H43N3O5/c37-20-21-4-6-25(7-5-21)30-14-29(19-36-9-8-28(38)18-36)40-31(41-30)26-2-1-3-27(13-26)34-32(39)35-33-15-22-10-23(16-33)12-24(11-22)17-33/h1-7,13,22-24,28-31,37-38H,8-12,14-20H2,(H2,34,35,39). The summed E-state index contributed by atoms with van der Waals surface area (Å²) in [5, 5.41) is 26.0. The lowest BCUT2D eigenvalue weighted by Crippen LogP contribution is -2.60. The van der Waals surface area contributed by atoms with E-state index in [2.05, 4.69) is 15.5 Å². The fourth-order valence-corrected chi connectivity index (χ4v) is 8.73. The number of β-amino-alcohol motifs (C(OH)–C–C–N with tert-alkyl or cyclic N) is 1. The van der Waals surface area contributed by atoms with Gasteiger partial charge in [0.05, 0.1) is 24.9 Å². The first-order valence-electron chi connectivity index (χ1n) is 15.5. The molecule has 8 nitrogen and oxygen atoms in total. The fraction of sp³-hybridized carbons (Fsp3) is 0.606. The fourth-order valence-electron chi connectivity index (χ4n) is 8.73. The molecule has 4 aliphatic carbocycles. The van der Waals surface area contributed by atoms with Crippen molar-refractivity contribution in [3.63, 3.8) is 0 Å². The van der Waals surface area contributed by atoms with Crippen LogP contribution in [0.1, 0.15) is 80.5 Å². The Balaban J connectivity index is 1.05. The Morgan fingerprint density at radius 1 is 0.951 bits per heavy atom. The second kappa shape index (κ2) is 11.3. The molecule has 4 saturated carbocycles. The second-order valence-electron chi connectivity index (χ2n) is 13.5. The molecule has 8 heteroatoms. The van der Waals surface area contributed by atoms with E-state index in [-0.39, 0.29) is 36.5 Å². The number of benzene rings is 2. The number of aliphatic hydroxyl groups excluding tert-OH is 2. The Morgan fingerprint density at radius 3 is 2.34 bits per heavy atom. The van der Waals surface area contributed by atoms with Crippen LogP contribution in [0.25, 0.3) is 0 Å². The molecule has 0 radical (unpaired) electrons. The first-order valence-corrected chi connectivity index (χ1v) is 15.5. The summed E-state index contributed by atoms with van der Waals surface area (Å²) in [6.45, 7) is 2.27. The molecule has 8 rings (SSSR count). The van der Waals surface area contributed by atoms with Gasteiger partial charge in [-0.2, -0.15) is 0 Å². The van der Waals surface area contributed by atoms with E-state index in [0.717, 1.165) is 78.9 Å². The van der Waals surface area contributed by atoms with Gasteiger partial charge in [0.15, 0.2) is 6.29 Å². The SMILES string of the molecule is O=C(Nc1cccc(C2OC(CN3CCC(O)C3)CC(c3ccc(CO)cc3)O2)c1)NC12CC3CC(CC(C3)C1)C2. The summed E-state index contributed by atoms with van der Waals surface area (Å²) in [5.41, 5.74) is 3.46.